The Labute approximate surface area is 211 Å². The van der Waals surface area contributed by atoms with E-state index in [1.165, 1.54) is 47.2 Å². The number of carbonyl (C=O) groups is 1. The number of halogens is 3. The number of benzene rings is 1. The Morgan fingerprint density at radius 2 is 1.86 bits per heavy atom. The first-order chi connectivity index (χ1) is 16.9. The van der Waals surface area contributed by atoms with Crippen molar-refractivity contribution in [3.8, 4) is 6.07 Å². The van der Waals surface area contributed by atoms with Crippen LogP contribution in [0.4, 0.5) is 24.5 Å². The Hall–Kier alpha value is -3.52. The molecule has 3 aromatic rings. The molecule has 3 heterocycles. The van der Waals surface area contributed by atoms with Gasteiger partial charge in [0.2, 0.25) is 0 Å². The lowest BCUT2D eigenvalue weighted by Crippen LogP contribution is -2.45. The highest BCUT2D eigenvalue weighted by molar-refractivity contribution is 7.81. The lowest BCUT2D eigenvalue weighted by atomic mass is 9.99. The number of hydrogen-bond acceptors (Lipinski definition) is 6. The Balaban J connectivity index is 1.86. The average molecular weight is 516 g/mol. The third kappa shape index (κ3) is 3.89. The highest BCUT2D eigenvalue weighted by Gasteiger charge is 2.52. The number of nitriles is 1. The number of anilines is 2. The fourth-order valence-electron chi connectivity index (χ4n) is 4.39. The first-order valence-corrected chi connectivity index (χ1v) is 11.8. The van der Waals surface area contributed by atoms with Gasteiger partial charge in [0.1, 0.15) is 5.54 Å². The molecule has 1 aromatic carbocycles. The molecular weight excluding hydrogens is 491 g/mol. The van der Waals surface area contributed by atoms with Gasteiger partial charge in [-0.25, -0.2) is 18.2 Å². The van der Waals surface area contributed by atoms with Crippen molar-refractivity contribution in [1.82, 2.24) is 9.38 Å². The van der Waals surface area contributed by atoms with E-state index >= 15 is 4.39 Å². The predicted octanol–water partition coefficient (Wildman–Crippen LogP) is 4.61. The Morgan fingerprint density at radius 1 is 1.17 bits per heavy atom. The van der Waals surface area contributed by atoms with Gasteiger partial charge in [0.05, 0.1) is 17.3 Å². The minimum absolute atomic E-state index is 0.116. The number of aromatic nitrogens is 2. The Morgan fingerprint density at radius 3 is 2.47 bits per heavy atom. The SMILES string of the molecule is CCc1cc(=O)n2cc(N3C(S)N(c4ccc(C#N)c(C(F)(F)CC)c4)C(=O)C3(C)C)cc(F)c2n1. The van der Waals surface area contributed by atoms with Crippen LogP contribution in [-0.2, 0) is 17.1 Å². The van der Waals surface area contributed by atoms with Crippen LogP contribution in [0, 0.1) is 17.1 Å². The lowest BCUT2D eigenvalue weighted by molar-refractivity contribution is -0.120. The van der Waals surface area contributed by atoms with Crippen LogP contribution in [0.1, 0.15) is 50.9 Å². The van der Waals surface area contributed by atoms with E-state index in [9.17, 15) is 23.6 Å². The molecule has 11 heteroatoms. The van der Waals surface area contributed by atoms with Crippen molar-refractivity contribution >= 4 is 35.6 Å². The van der Waals surface area contributed by atoms with Crippen molar-refractivity contribution in [3.05, 3.63) is 69.5 Å². The van der Waals surface area contributed by atoms with Gasteiger partial charge in [0.25, 0.3) is 17.4 Å². The predicted molar refractivity (Wildman–Crippen MR) is 133 cm³/mol. The first-order valence-electron chi connectivity index (χ1n) is 11.3. The van der Waals surface area contributed by atoms with E-state index in [-0.39, 0.29) is 22.6 Å². The molecule has 1 fully saturated rings. The molecule has 4 rings (SSSR count). The molecule has 1 aliphatic heterocycles. The van der Waals surface area contributed by atoms with Crippen molar-refractivity contribution < 1.29 is 18.0 Å². The summed E-state index contributed by atoms with van der Waals surface area (Å²) in [5.74, 6) is -4.52. The maximum atomic E-state index is 15.1. The molecule has 7 nitrogen and oxygen atoms in total. The van der Waals surface area contributed by atoms with Crippen LogP contribution in [0.25, 0.3) is 5.65 Å². The number of hydrogen-bond donors (Lipinski definition) is 1. The van der Waals surface area contributed by atoms with E-state index < -0.39 is 46.2 Å². The second-order valence-electron chi connectivity index (χ2n) is 9.03. The quantitative estimate of drug-likeness (QED) is 0.502. The number of alkyl halides is 2. The molecule has 0 aliphatic carbocycles. The topological polar surface area (TPSA) is 81.7 Å². The second kappa shape index (κ2) is 8.85. The molecule has 1 atom stereocenters. The van der Waals surface area contributed by atoms with E-state index in [0.29, 0.717) is 12.1 Å². The summed E-state index contributed by atoms with van der Waals surface area (Å²) in [5.41, 5.74) is -2.87. The molecule has 36 heavy (non-hydrogen) atoms. The molecule has 188 valence electrons. The summed E-state index contributed by atoms with van der Waals surface area (Å²) in [6, 6.07) is 8.00. The lowest BCUT2D eigenvalue weighted by Gasteiger charge is -2.33. The minimum Gasteiger partial charge on any atom is -0.327 e. The van der Waals surface area contributed by atoms with Crippen LogP contribution in [0.2, 0.25) is 0 Å². The monoisotopic (exact) mass is 515 g/mol. The highest BCUT2D eigenvalue weighted by atomic mass is 32.1. The molecule has 1 aliphatic rings. The molecule has 0 bridgehead atoms. The van der Waals surface area contributed by atoms with E-state index in [1.54, 1.807) is 26.8 Å². The molecule has 0 N–H and O–H groups in total. The summed E-state index contributed by atoms with van der Waals surface area (Å²) in [7, 11) is 0. The standard InChI is InChI=1S/C25H24F3N5O2S/c1-5-15-9-20(34)31-13-17(11-19(26)21(31)30-15)33-23(36)32(22(35)24(33,3)4)16-8-7-14(12-29)18(10-16)25(27,28)6-2/h7-11,13,23,36H,5-6H2,1-4H3. The van der Waals surface area contributed by atoms with Crippen molar-refractivity contribution in [3.63, 3.8) is 0 Å². The molecule has 1 saturated heterocycles. The fourth-order valence-corrected chi connectivity index (χ4v) is 5.05. The van der Waals surface area contributed by atoms with Crippen molar-refractivity contribution in [2.45, 2.75) is 57.5 Å². The zero-order chi connectivity index (χ0) is 26.6. The fraction of sp³-hybridized carbons (Fsp3) is 0.360. The molecule has 1 unspecified atom stereocenters. The van der Waals surface area contributed by atoms with Gasteiger partial charge in [-0.3, -0.25) is 18.9 Å². The van der Waals surface area contributed by atoms with Crippen LogP contribution >= 0.6 is 12.6 Å². The zero-order valence-corrected chi connectivity index (χ0v) is 21.0. The van der Waals surface area contributed by atoms with Gasteiger partial charge in [-0.1, -0.05) is 13.8 Å². The number of thiol groups is 1. The Kier molecular flexibility index (Phi) is 6.29. The van der Waals surface area contributed by atoms with Gasteiger partial charge in [0.15, 0.2) is 17.0 Å². The van der Waals surface area contributed by atoms with Crippen LogP contribution in [0.15, 0.2) is 41.3 Å². The van der Waals surface area contributed by atoms with E-state index in [2.05, 4.69) is 17.6 Å². The van der Waals surface area contributed by atoms with Crippen LogP contribution in [0.3, 0.4) is 0 Å². The van der Waals surface area contributed by atoms with Gasteiger partial charge in [-0.05, 0) is 38.5 Å². The van der Waals surface area contributed by atoms with Crippen molar-refractivity contribution in [2.24, 2.45) is 0 Å². The number of amides is 1. The highest BCUT2D eigenvalue weighted by Crippen LogP contribution is 2.42. The number of nitrogens with zero attached hydrogens (tertiary/aromatic N) is 5. The maximum absolute atomic E-state index is 15.1. The molecule has 0 saturated carbocycles. The number of aryl methyl sites for hydroxylation is 1. The van der Waals surface area contributed by atoms with Crippen LogP contribution in [-0.4, -0.2) is 26.3 Å². The van der Waals surface area contributed by atoms with Gasteiger partial charge < -0.3 is 4.90 Å². The number of carbonyl (C=O) groups excluding carboxylic acids is 1. The largest absolute Gasteiger partial charge is 0.327 e. The number of pyridine rings is 1. The Bertz CT molecular complexity index is 1480. The van der Waals surface area contributed by atoms with Crippen LogP contribution < -0.4 is 15.4 Å². The van der Waals surface area contributed by atoms with Gasteiger partial charge in [-0.15, -0.1) is 12.6 Å². The summed E-state index contributed by atoms with van der Waals surface area (Å²) in [6.45, 7) is 6.28. The molecule has 1 amide bonds. The molecule has 0 spiro atoms. The molecule has 2 aromatic heterocycles. The summed E-state index contributed by atoms with van der Waals surface area (Å²) >= 11 is 4.60. The summed E-state index contributed by atoms with van der Waals surface area (Å²) in [4.78, 5) is 33.0. The van der Waals surface area contributed by atoms with Crippen molar-refractivity contribution in [2.75, 3.05) is 9.80 Å². The van der Waals surface area contributed by atoms with Gasteiger partial charge in [0, 0.05) is 41.7 Å². The van der Waals surface area contributed by atoms with Gasteiger partial charge in [-0.2, -0.15) is 5.26 Å². The normalized spacial score (nSPS) is 17.6. The molecular formula is C25H24F3N5O2S. The smallest absolute Gasteiger partial charge is 0.274 e. The van der Waals surface area contributed by atoms with Gasteiger partial charge >= 0.3 is 0 Å². The summed E-state index contributed by atoms with van der Waals surface area (Å²) in [5, 5.41) is 9.32. The van der Waals surface area contributed by atoms with Crippen LogP contribution in [0.5, 0.6) is 0 Å². The third-order valence-corrected chi connectivity index (χ3v) is 6.90. The maximum Gasteiger partial charge on any atom is 0.274 e. The molecule has 0 radical (unpaired) electrons. The number of rotatable bonds is 5. The third-order valence-electron chi connectivity index (χ3n) is 6.44. The number of fused-ring (bicyclic) bond motifs is 1. The first kappa shape index (κ1) is 25.6. The van der Waals surface area contributed by atoms with E-state index in [4.69, 9.17) is 0 Å². The van der Waals surface area contributed by atoms with Crippen molar-refractivity contribution in [1.29, 1.82) is 5.26 Å². The second-order valence-corrected chi connectivity index (χ2v) is 9.49. The zero-order valence-electron chi connectivity index (χ0n) is 20.1. The summed E-state index contributed by atoms with van der Waals surface area (Å²) in [6.07, 6.45) is 1.31. The average Bonchev–Trinajstić information content (AvgIpc) is 3.02. The minimum atomic E-state index is -3.28. The van der Waals surface area contributed by atoms with E-state index in [1.807, 2.05) is 0 Å². The summed E-state index contributed by atoms with van der Waals surface area (Å²) < 4.78 is 45.4. The van der Waals surface area contributed by atoms with E-state index in [0.717, 1.165) is 10.5 Å².